The SMILES string of the molecule is CCC[C@@H](C)NC(=O)Nc1ccc(Sc2nc(C)cs2)cc1. The topological polar surface area (TPSA) is 54.0 Å². The maximum atomic E-state index is 11.8. The number of nitrogens with one attached hydrogen (secondary N) is 2. The van der Waals surface area contributed by atoms with Crippen molar-refractivity contribution < 1.29 is 4.79 Å². The van der Waals surface area contributed by atoms with Gasteiger partial charge in [0.2, 0.25) is 0 Å². The van der Waals surface area contributed by atoms with Gasteiger partial charge < -0.3 is 10.6 Å². The molecule has 1 heterocycles. The quantitative estimate of drug-likeness (QED) is 0.788. The number of urea groups is 1. The van der Waals surface area contributed by atoms with Gasteiger partial charge in [-0.2, -0.15) is 0 Å². The molecule has 0 spiro atoms. The van der Waals surface area contributed by atoms with Gasteiger partial charge in [-0.1, -0.05) is 25.1 Å². The van der Waals surface area contributed by atoms with Crippen LogP contribution in [0.15, 0.2) is 38.9 Å². The summed E-state index contributed by atoms with van der Waals surface area (Å²) in [7, 11) is 0. The Morgan fingerprint density at radius 1 is 1.36 bits per heavy atom. The second kappa shape index (κ2) is 8.19. The minimum atomic E-state index is -0.156. The molecule has 2 aromatic rings. The van der Waals surface area contributed by atoms with Gasteiger partial charge in [0.25, 0.3) is 0 Å². The number of rotatable bonds is 6. The van der Waals surface area contributed by atoms with E-state index in [0.29, 0.717) is 0 Å². The number of aryl methyl sites for hydroxylation is 1. The summed E-state index contributed by atoms with van der Waals surface area (Å²) < 4.78 is 1.03. The molecule has 0 saturated carbocycles. The average Bonchev–Trinajstić information content (AvgIpc) is 2.86. The van der Waals surface area contributed by atoms with Gasteiger partial charge in [-0.15, -0.1) is 11.3 Å². The molecule has 0 bridgehead atoms. The molecule has 0 aliphatic carbocycles. The highest BCUT2D eigenvalue weighted by atomic mass is 32.2. The Balaban J connectivity index is 1.87. The van der Waals surface area contributed by atoms with Crippen molar-refractivity contribution in [1.82, 2.24) is 10.3 Å². The summed E-state index contributed by atoms with van der Waals surface area (Å²) in [5.74, 6) is 0. The van der Waals surface area contributed by atoms with Crippen LogP contribution in [0.2, 0.25) is 0 Å². The van der Waals surface area contributed by atoms with Gasteiger partial charge in [-0.05, 0) is 44.5 Å². The van der Waals surface area contributed by atoms with Crippen molar-refractivity contribution in [3.05, 3.63) is 35.3 Å². The van der Waals surface area contributed by atoms with E-state index in [4.69, 9.17) is 0 Å². The van der Waals surface area contributed by atoms with Crippen molar-refractivity contribution in [2.24, 2.45) is 0 Å². The number of amides is 2. The Morgan fingerprint density at radius 3 is 2.68 bits per heavy atom. The van der Waals surface area contributed by atoms with Crippen molar-refractivity contribution in [3.63, 3.8) is 0 Å². The first kappa shape index (κ1) is 16.8. The molecule has 22 heavy (non-hydrogen) atoms. The van der Waals surface area contributed by atoms with Crippen molar-refractivity contribution in [3.8, 4) is 0 Å². The van der Waals surface area contributed by atoms with Gasteiger partial charge in [0, 0.05) is 27.7 Å². The van der Waals surface area contributed by atoms with Gasteiger partial charge >= 0.3 is 6.03 Å². The number of aromatic nitrogens is 1. The Hall–Kier alpha value is -1.53. The molecule has 118 valence electrons. The summed E-state index contributed by atoms with van der Waals surface area (Å²) in [6.07, 6.45) is 2.04. The van der Waals surface area contributed by atoms with Crippen molar-refractivity contribution in [1.29, 1.82) is 0 Å². The smallest absolute Gasteiger partial charge is 0.319 e. The highest BCUT2D eigenvalue weighted by Crippen LogP contribution is 2.30. The first-order valence-electron chi connectivity index (χ1n) is 7.34. The lowest BCUT2D eigenvalue weighted by atomic mass is 10.2. The predicted octanol–water partition coefficient (Wildman–Crippen LogP) is 4.91. The van der Waals surface area contributed by atoms with Crippen LogP contribution >= 0.6 is 23.1 Å². The van der Waals surface area contributed by atoms with Crippen molar-refractivity contribution >= 4 is 34.8 Å². The van der Waals surface area contributed by atoms with E-state index in [1.165, 1.54) is 0 Å². The molecule has 0 aliphatic heterocycles. The molecular formula is C16H21N3OS2. The molecule has 1 aromatic heterocycles. The van der Waals surface area contributed by atoms with E-state index in [1.54, 1.807) is 23.1 Å². The standard InChI is InChI=1S/C16H21N3OS2/c1-4-5-11(2)17-15(20)19-13-6-8-14(9-7-13)22-16-18-12(3)10-21-16/h6-11H,4-5H2,1-3H3,(H2,17,19,20)/t11-/m1/s1. The monoisotopic (exact) mass is 335 g/mol. The molecule has 6 heteroatoms. The summed E-state index contributed by atoms with van der Waals surface area (Å²) in [4.78, 5) is 17.4. The molecule has 4 nitrogen and oxygen atoms in total. The Kier molecular flexibility index (Phi) is 6.27. The van der Waals surface area contributed by atoms with Crippen molar-refractivity contribution in [2.75, 3.05) is 5.32 Å². The number of hydrogen-bond acceptors (Lipinski definition) is 4. The highest BCUT2D eigenvalue weighted by Gasteiger charge is 2.07. The van der Waals surface area contributed by atoms with Crippen LogP contribution in [0.25, 0.3) is 0 Å². The maximum Gasteiger partial charge on any atom is 0.319 e. The van der Waals surface area contributed by atoms with E-state index in [-0.39, 0.29) is 12.1 Å². The second-order valence-corrected chi connectivity index (χ2v) is 7.35. The molecule has 2 rings (SSSR count). The van der Waals surface area contributed by atoms with Crippen LogP contribution in [0.5, 0.6) is 0 Å². The second-order valence-electron chi connectivity index (χ2n) is 5.17. The largest absolute Gasteiger partial charge is 0.335 e. The number of anilines is 1. The number of carbonyl (C=O) groups is 1. The summed E-state index contributed by atoms with van der Waals surface area (Å²) in [6, 6.07) is 7.84. The van der Waals surface area contributed by atoms with E-state index in [1.807, 2.05) is 43.5 Å². The lowest BCUT2D eigenvalue weighted by Gasteiger charge is -2.13. The van der Waals surface area contributed by atoms with Gasteiger partial charge in [-0.25, -0.2) is 9.78 Å². The summed E-state index contributed by atoms with van der Waals surface area (Å²) in [5.41, 5.74) is 1.84. The van der Waals surface area contributed by atoms with E-state index < -0.39 is 0 Å². The number of thiazole rings is 1. The molecule has 0 radical (unpaired) electrons. The Bertz CT molecular complexity index is 610. The normalized spacial score (nSPS) is 12.0. The summed E-state index contributed by atoms with van der Waals surface area (Å²) in [6.45, 7) is 6.11. The number of carbonyl (C=O) groups excluding carboxylic acids is 1. The molecule has 2 N–H and O–H groups in total. The zero-order valence-corrected chi connectivity index (χ0v) is 14.7. The van der Waals surface area contributed by atoms with E-state index >= 15 is 0 Å². The molecule has 1 atom stereocenters. The lowest BCUT2D eigenvalue weighted by molar-refractivity contribution is 0.248. The number of nitrogens with zero attached hydrogens (tertiary/aromatic N) is 1. The molecule has 2 amide bonds. The highest BCUT2D eigenvalue weighted by molar-refractivity contribution is 8.01. The van der Waals surface area contributed by atoms with Gasteiger partial charge in [0.15, 0.2) is 4.34 Å². The van der Waals surface area contributed by atoms with Crippen LogP contribution < -0.4 is 10.6 Å². The van der Waals surface area contributed by atoms with E-state index in [9.17, 15) is 4.79 Å². The molecule has 0 saturated heterocycles. The van der Waals surface area contributed by atoms with Gasteiger partial charge in [-0.3, -0.25) is 0 Å². The summed E-state index contributed by atoms with van der Waals surface area (Å²) >= 11 is 3.28. The maximum absolute atomic E-state index is 11.8. The first-order chi connectivity index (χ1) is 10.6. The van der Waals surface area contributed by atoms with Crippen LogP contribution in [0.3, 0.4) is 0 Å². The fraction of sp³-hybridized carbons (Fsp3) is 0.375. The third-order valence-electron chi connectivity index (χ3n) is 3.01. The Morgan fingerprint density at radius 2 is 2.09 bits per heavy atom. The minimum Gasteiger partial charge on any atom is -0.335 e. The molecule has 0 aliphatic rings. The first-order valence-corrected chi connectivity index (χ1v) is 9.04. The third kappa shape index (κ3) is 5.35. The Labute approximate surface area is 139 Å². The summed E-state index contributed by atoms with van der Waals surface area (Å²) in [5, 5.41) is 7.82. The van der Waals surface area contributed by atoms with E-state index in [0.717, 1.165) is 33.5 Å². The predicted molar refractivity (Wildman–Crippen MR) is 93.9 cm³/mol. The molecule has 1 aromatic carbocycles. The average molecular weight is 335 g/mol. The minimum absolute atomic E-state index is 0.156. The van der Waals surface area contributed by atoms with Crippen LogP contribution in [0, 0.1) is 6.92 Å². The van der Waals surface area contributed by atoms with Gasteiger partial charge in [0.05, 0.1) is 0 Å². The van der Waals surface area contributed by atoms with Crippen LogP contribution in [-0.4, -0.2) is 17.1 Å². The fourth-order valence-electron chi connectivity index (χ4n) is 1.98. The van der Waals surface area contributed by atoms with E-state index in [2.05, 4.69) is 22.5 Å². The molecule has 0 unspecified atom stereocenters. The van der Waals surface area contributed by atoms with Crippen LogP contribution in [-0.2, 0) is 0 Å². The fourth-order valence-corrected chi connectivity index (χ4v) is 3.79. The lowest BCUT2D eigenvalue weighted by Crippen LogP contribution is -2.35. The van der Waals surface area contributed by atoms with Crippen LogP contribution in [0.1, 0.15) is 32.4 Å². The van der Waals surface area contributed by atoms with Gasteiger partial charge in [0.1, 0.15) is 0 Å². The number of benzene rings is 1. The zero-order valence-electron chi connectivity index (χ0n) is 13.1. The number of hydrogen-bond donors (Lipinski definition) is 2. The third-order valence-corrected chi connectivity index (χ3v) is 5.08. The zero-order chi connectivity index (χ0) is 15.9. The molecular weight excluding hydrogens is 314 g/mol. The van der Waals surface area contributed by atoms with Crippen molar-refractivity contribution in [2.45, 2.75) is 48.9 Å². The molecule has 0 fully saturated rings. The van der Waals surface area contributed by atoms with Crippen LogP contribution in [0.4, 0.5) is 10.5 Å².